The lowest BCUT2D eigenvalue weighted by atomic mass is 10.1. The molecule has 0 aliphatic carbocycles. The molecule has 0 saturated carbocycles. The van der Waals surface area contributed by atoms with Crippen molar-refractivity contribution in [2.45, 2.75) is 13.0 Å². The zero-order valence-corrected chi connectivity index (χ0v) is 15.3. The Balaban J connectivity index is 1.52. The average molecular weight is 376 g/mol. The van der Waals surface area contributed by atoms with E-state index in [-0.39, 0.29) is 12.5 Å². The van der Waals surface area contributed by atoms with E-state index in [9.17, 15) is 4.79 Å². The Kier molecular flexibility index (Phi) is 5.86. The Bertz CT molecular complexity index is 832. The van der Waals surface area contributed by atoms with Gasteiger partial charge in [-0.15, -0.1) is 11.3 Å². The van der Waals surface area contributed by atoms with Gasteiger partial charge in [0.1, 0.15) is 5.76 Å². The summed E-state index contributed by atoms with van der Waals surface area (Å²) < 4.78 is 5.28. The number of amides is 1. The predicted octanol–water partition coefficient (Wildman–Crippen LogP) is 4.05. The smallest absolute Gasteiger partial charge is 0.240 e. The summed E-state index contributed by atoms with van der Waals surface area (Å²) >= 11 is 7.64. The van der Waals surface area contributed by atoms with Crippen LogP contribution >= 0.6 is 22.9 Å². The summed E-state index contributed by atoms with van der Waals surface area (Å²) in [6, 6.07) is 11.4. The van der Waals surface area contributed by atoms with Crippen LogP contribution in [0.2, 0.25) is 5.02 Å². The first kappa shape index (κ1) is 17.7. The van der Waals surface area contributed by atoms with E-state index in [0.29, 0.717) is 18.1 Å². The molecule has 3 aromatic rings. The number of thiazole rings is 1. The minimum Gasteiger partial charge on any atom is -0.468 e. The van der Waals surface area contributed by atoms with E-state index in [2.05, 4.69) is 10.3 Å². The molecule has 2 heterocycles. The van der Waals surface area contributed by atoms with Gasteiger partial charge in [0, 0.05) is 22.5 Å². The molecule has 0 aliphatic rings. The van der Waals surface area contributed by atoms with Gasteiger partial charge in [-0.25, -0.2) is 4.98 Å². The minimum absolute atomic E-state index is 0.104. The molecule has 0 fully saturated rings. The first-order valence-electron chi connectivity index (χ1n) is 7.79. The lowest BCUT2D eigenvalue weighted by molar-refractivity contribution is -0.117. The molecule has 0 aliphatic heterocycles. The van der Waals surface area contributed by atoms with Crippen LogP contribution in [-0.4, -0.2) is 29.4 Å². The Hall–Kier alpha value is -2.15. The van der Waals surface area contributed by atoms with Crippen LogP contribution in [0.15, 0.2) is 53.3 Å². The van der Waals surface area contributed by atoms with Crippen LogP contribution in [0.3, 0.4) is 0 Å². The number of anilines is 1. The number of carbonyl (C=O) groups excluding carboxylic acids is 1. The van der Waals surface area contributed by atoms with Crippen molar-refractivity contribution < 1.29 is 9.21 Å². The summed E-state index contributed by atoms with van der Waals surface area (Å²) in [7, 11) is 1.87. The number of carbonyl (C=O) groups is 1. The monoisotopic (exact) mass is 375 g/mol. The van der Waals surface area contributed by atoms with Gasteiger partial charge in [-0.1, -0.05) is 29.8 Å². The zero-order chi connectivity index (χ0) is 17.6. The van der Waals surface area contributed by atoms with Gasteiger partial charge in [-0.2, -0.15) is 0 Å². The van der Waals surface area contributed by atoms with Crippen molar-refractivity contribution in [2.75, 3.05) is 18.9 Å². The molecule has 0 radical (unpaired) electrons. The molecule has 2 aromatic heterocycles. The second kappa shape index (κ2) is 8.29. The number of nitrogens with one attached hydrogen (secondary N) is 1. The third-order valence-electron chi connectivity index (χ3n) is 3.54. The van der Waals surface area contributed by atoms with Crippen molar-refractivity contribution in [3.05, 3.63) is 70.1 Å². The summed E-state index contributed by atoms with van der Waals surface area (Å²) in [5.41, 5.74) is 1.05. The standard InChI is InChI=1S/C18H18ClN3O2S/c1-22(11-14-6-4-8-24-14)12-17(23)21-18-20-10-15(25-18)9-13-5-2-3-7-16(13)19/h2-8,10H,9,11-12H2,1H3,(H,20,21,23). The van der Waals surface area contributed by atoms with E-state index in [1.807, 2.05) is 48.3 Å². The quantitative estimate of drug-likeness (QED) is 0.676. The Morgan fingerprint density at radius 3 is 2.92 bits per heavy atom. The van der Waals surface area contributed by atoms with Crippen LogP contribution in [0, 0.1) is 0 Å². The number of furan rings is 1. The number of benzene rings is 1. The third-order valence-corrected chi connectivity index (χ3v) is 4.82. The fourth-order valence-corrected chi connectivity index (χ4v) is 3.46. The van der Waals surface area contributed by atoms with E-state index in [1.54, 1.807) is 12.5 Å². The SMILES string of the molecule is CN(CC(=O)Nc1ncc(Cc2ccccc2Cl)s1)Cc1ccco1. The summed E-state index contributed by atoms with van der Waals surface area (Å²) in [6.07, 6.45) is 4.10. The second-order valence-electron chi connectivity index (χ2n) is 5.70. The van der Waals surface area contributed by atoms with Crippen molar-refractivity contribution in [1.29, 1.82) is 0 Å². The molecule has 3 rings (SSSR count). The van der Waals surface area contributed by atoms with Crippen LogP contribution in [-0.2, 0) is 17.8 Å². The van der Waals surface area contributed by atoms with Crippen LogP contribution in [0.5, 0.6) is 0 Å². The fraction of sp³-hybridized carbons (Fsp3) is 0.222. The van der Waals surface area contributed by atoms with Gasteiger partial charge in [0.2, 0.25) is 5.91 Å². The summed E-state index contributed by atoms with van der Waals surface area (Å²) in [5, 5.41) is 4.17. The Labute approximate surface area is 155 Å². The molecule has 0 unspecified atom stereocenters. The van der Waals surface area contributed by atoms with E-state index >= 15 is 0 Å². The highest BCUT2D eigenvalue weighted by Gasteiger charge is 2.11. The first-order chi connectivity index (χ1) is 12.1. The molecular weight excluding hydrogens is 358 g/mol. The van der Waals surface area contributed by atoms with E-state index < -0.39 is 0 Å². The fourth-order valence-electron chi connectivity index (χ4n) is 2.40. The van der Waals surface area contributed by atoms with Gasteiger partial charge >= 0.3 is 0 Å². The Morgan fingerprint density at radius 1 is 1.32 bits per heavy atom. The molecule has 1 N–H and O–H groups in total. The van der Waals surface area contributed by atoms with Crippen LogP contribution < -0.4 is 5.32 Å². The predicted molar refractivity (Wildman–Crippen MR) is 100 cm³/mol. The number of nitrogens with zero attached hydrogens (tertiary/aromatic N) is 2. The first-order valence-corrected chi connectivity index (χ1v) is 8.98. The number of halogens is 1. The van der Waals surface area contributed by atoms with Crippen LogP contribution in [0.4, 0.5) is 5.13 Å². The normalized spacial score (nSPS) is 11.0. The second-order valence-corrected chi connectivity index (χ2v) is 7.22. The number of hydrogen-bond acceptors (Lipinski definition) is 5. The maximum atomic E-state index is 12.1. The van der Waals surface area contributed by atoms with Crippen molar-refractivity contribution in [2.24, 2.45) is 0 Å². The number of rotatable bonds is 7. The molecule has 7 heteroatoms. The van der Waals surface area contributed by atoms with Gasteiger partial charge in [0.15, 0.2) is 5.13 Å². The summed E-state index contributed by atoms with van der Waals surface area (Å²) in [5.74, 6) is 0.722. The topological polar surface area (TPSA) is 58.4 Å². The van der Waals surface area contributed by atoms with E-state index in [4.69, 9.17) is 16.0 Å². The van der Waals surface area contributed by atoms with Gasteiger partial charge in [-0.05, 0) is 30.8 Å². The van der Waals surface area contributed by atoms with Gasteiger partial charge < -0.3 is 9.73 Å². The molecule has 0 atom stereocenters. The lowest BCUT2D eigenvalue weighted by Gasteiger charge is -2.13. The van der Waals surface area contributed by atoms with Crippen molar-refractivity contribution in [1.82, 2.24) is 9.88 Å². The van der Waals surface area contributed by atoms with Crippen LogP contribution in [0.1, 0.15) is 16.2 Å². The lowest BCUT2D eigenvalue weighted by Crippen LogP contribution is -2.29. The highest BCUT2D eigenvalue weighted by Crippen LogP contribution is 2.24. The largest absolute Gasteiger partial charge is 0.468 e. The molecule has 0 bridgehead atoms. The molecule has 130 valence electrons. The number of hydrogen-bond donors (Lipinski definition) is 1. The van der Waals surface area contributed by atoms with Crippen molar-refractivity contribution >= 4 is 34.0 Å². The number of likely N-dealkylation sites (N-methyl/N-ethyl adjacent to an activating group) is 1. The van der Waals surface area contributed by atoms with Gasteiger partial charge in [-0.3, -0.25) is 9.69 Å². The van der Waals surface area contributed by atoms with Gasteiger partial charge in [0.25, 0.3) is 0 Å². The average Bonchev–Trinajstić information content (AvgIpc) is 3.21. The minimum atomic E-state index is -0.104. The zero-order valence-electron chi connectivity index (χ0n) is 13.7. The molecular formula is C18H18ClN3O2S. The Morgan fingerprint density at radius 2 is 2.16 bits per heavy atom. The van der Waals surface area contributed by atoms with E-state index in [1.165, 1.54) is 11.3 Å². The molecule has 0 spiro atoms. The highest BCUT2D eigenvalue weighted by atomic mass is 35.5. The summed E-state index contributed by atoms with van der Waals surface area (Å²) in [4.78, 5) is 19.3. The van der Waals surface area contributed by atoms with Crippen molar-refractivity contribution in [3.8, 4) is 0 Å². The molecule has 25 heavy (non-hydrogen) atoms. The molecule has 0 saturated heterocycles. The molecule has 1 aromatic carbocycles. The molecule has 1 amide bonds. The highest BCUT2D eigenvalue weighted by molar-refractivity contribution is 7.15. The molecule has 5 nitrogen and oxygen atoms in total. The van der Waals surface area contributed by atoms with Gasteiger partial charge in [0.05, 0.1) is 19.4 Å². The maximum Gasteiger partial charge on any atom is 0.240 e. The maximum absolute atomic E-state index is 12.1. The van der Waals surface area contributed by atoms with Crippen LogP contribution in [0.25, 0.3) is 0 Å². The third kappa shape index (κ3) is 5.16. The number of aromatic nitrogens is 1. The van der Waals surface area contributed by atoms with E-state index in [0.717, 1.165) is 21.2 Å². The van der Waals surface area contributed by atoms with Crippen molar-refractivity contribution in [3.63, 3.8) is 0 Å². The summed E-state index contributed by atoms with van der Waals surface area (Å²) in [6.45, 7) is 0.843.